The van der Waals surface area contributed by atoms with Crippen LogP contribution in [0.15, 0.2) is 35.3 Å². The number of hydrogen-bond donors (Lipinski definition) is 0. The molecule has 0 aliphatic carbocycles. The summed E-state index contributed by atoms with van der Waals surface area (Å²) in [6.45, 7) is 3.66. The molecule has 2 rings (SSSR count). The number of likely N-dealkylation sites (N-methyl/N-ethyl adjacent to an activating group) is 1. The van der Waals surface area contributed by atoms with Crippen LogP contribution < -0.4 is 15.0 Å². The average Bonchev–Trinajstić information content (AvgIpc) is 2.58. The minimum Gasteiger partial charge on any atom is -0.484 e. The number of carbonyl (C=O) groups is 1. The van der Waals surface area contributed by atoms with Crippen LogP contribution >= 0.6 is 0 Å². The van der Waals surface area contributed by atoms with Crippen LogP contribution in [0.5, 0.6) is 11.6 Å². The molecule has 0 spiro atoms. The average molecular weight is 345 g/mol. The van der Waals surface area contributed by atoms with E-state index in [1.54, 1.807) is 44.1 Å². The van der Waals surface area contributed by atoms with Crippen molar-refractivity contribution < 1.29 is 14.3 Å². The molecule has 2 aromatic heterocycles. The molecule has 0 aromatic carbocycles. The predicted molar refractivity (Wildman–Crippen MR) is 94.2 cm³/mol. The van der Waals surface area contributed by atoms with Gasteiger partial charge in [0.2, 0.25) is 5.88 Å². The third-order valence-electron chi connectivity index (χ3n) is 3.93. The summed E-state index contributed by atoms with van der Waals surface area (Å²) in [6.07, 6.45) is 1.65. The lowest BCUT2D eigenvalue weighted by atomic mass is 10.1. The van der Waals surface area contributed by atoms with Gasteiger partial charge in [-0.1, -0.05) is 0 Å². The van der Waals surface area contributed by atoms with E-state index in [4.69, 9.17) is 9.47 Å². The highest BCUT2D eigenvalue weighted by molar-refractivity contribution is 5.77. The molecule has 7 heteroatoms. The number of methoxy groups -OCH3 is 1. The van der Waals surface area contributed by atoms with Gasteiger partial charge in [-0.3, -0.25) is 9.59 Å². The number of pyridine rings is 2. The Hall–Kier alpha value is -2.83. The largest absolute Gasteiger partial charge is 0.484 e. The number of aromatic nitrogens is 2. The van der Waals surface area contributed by atoms with Crippen molar-refractivity contribution in [2.24, 2.45) is 0 Å². The standard InChI is InChI=1S/C18H23N3O4/c1-12-8-15(25-11-18(23)20(3)4)10-17(22)21(12)13(2)14-6-7-19-16(9-14)24-5/h6-10,13H,11H2,1-5H3/t13-/m1/s1. The Kier molecular flexibility index (Phi) is 5.80. The molecule has 134 valence electrons. The Morgan fingerprint density at radius 1 is 1.32 bits per heavy atom. The van der Waals surface area contributed by atoms with Crippen LogP contribution in [0.3, 0.4) is 0 Å². The van der Waals surface area contributed by atoms with Gasteiger partial charge in [0.15, 0.2) is 6.61 Å². The zero-order valence-electron chi connectivity index (χ0n) is 15.1. The summed E-state index contributed by atoms with van der Waals surface area (Å²) in [6, 6.07) is 6.60. The molecule has 0 bridgehead atoms. The molecule has 2 heterocycles. The molecule has 7 nitrogen and oxygen atoms in total. The van der Waals surface area contributed by atoms with Gasteiger partial charge in [-0.05, 0) is 31.5 Å². The molecule has 0 saturated heterocycles. The topological polar surface area (TPSA) is 73.7 Å². The monoisotopic (exact) mass is 345 g/mol. The van der Waals surface area contributed by atoms with Gasteiger partial charge in [0.25, 0.3) is 11.5 Å². The number of nitrogens with zero attached hydrogens (tertiary/aromatic N) is 3. The third kappa shape index (κ3) is 4.37. The second-order valence-electron chi connectivity index (χ2n) is 5.93. The molecule has 0 aliphatic rings. The van der Waals surface area contributed by atoms with Gasteiger partial charge in [0.1, 0.15) is 5.75 Å². The van der Waals surface area contributed by atoms with Gasteiger partial charge in [0.05, 0.1) is 13.2 Å². The van der Waals surface area contributed by atoms with Crippen LogP contribution in [-0.2, 0) is 4.79 Å². The number of amides is 1. The van der Waals surface area contributed by atoms with Crippen LogP contribution in [0.1, 0.15) is 24.2 Å². The summed E-state index contributed by atoms with van der Waals surface area (Å²) >= 11 is 0. The summed E-state index contributed by atoms with van der Waals surface area (Å²) in [5, 5.41) is 0. The summed E-state index contributed by atoms with van der Waals surface area (Å²) in [7, 11) is 4.86. The van der Waals surface area contributed by atoms with Crippen molar-refractivity contribution in [1.29, 1.82) is 0 Å². The van der Waals surface area contributed by atoms with Crippen LogP contribution in [0, 0.1) is 6.92 Å². The van der Waals surface area contributed by atoms with Gasteiger partial charge in [-0.15, -0.1) is 0 Å². The second-order valence-corrected chi connectivity index (χ2v) is 5.93. The maximum Gasteiger partial charge on any atom is 0.259 e. The lowest BCUT2D eigenvalue weighted by Crippen LogP contribution is -2.29. The zero-order chi connectivity index (χ0) is 18.6. The first-order valence-corrected chi connectivity index (χ1v) is 7.89. The summed E-state index contributed by atoms with van der Waals surface area (Å²) in [4.78, 5) is 29.7. The number of hydrogen-bond acceptors (Lipinski definition) is 5. The van der Waals surface area contributed by atoms with Crippen LogP contribution in [0.25, 0.3) is 0 Å². The quantitative estimate of drug-likeness (QED) is 0.796. The Balaban J connectivity index is 2.27. The molecule has 25 heavy (non-hydrogen) atoms. The smallest absolute Gasteiger partial charge is 0.259 e. The molecule has 2 aromatic rings. The lowest BCUT2D eigenvalue weighted by molar-refractivity contribution is -0.130. The van der Waals surface area contributed by atoms with Gasteiger partial charge >= 0.3 is 0 Å². The maximum atomic E-state index is 12.5. The maximum absolute atomic E-state index is 12.5. The minimum atomic E-state index is -0.199. The first-order chi connectivity index (χ1) is 11.8. The normalized spacial score (nSPS) is 11.7. The highest BCUT2D eigenvalue weighted by atomic mass is 16.5. The summed E-state index contributed by atoms with van der Waals surface area (Å²) in [5.41, 5.74) is 1.45. The van der Waals surface area contributed by atoms with Gasteiger partial charge in [-0.2, -0.15) is 0 Å². The van der Waals surface area contributed by atoms with Crippen molar-refractivity contribution in [3.05, 3.63) is 52.1 Å². The Morgan fingerprint density at radius 2 is 2.04 bits per heavy atom. The van der Waals surface area contributed by atoms with Crippen molar-refractivity contribution >= 4 is 5.91 Å². The molecule has 0 unspecified atom stereocenters. The number of aryl methyl sites for hydroxylation is 1. The van der Waals surface area contributed by atoms with E-state index in [0.29, 0.717) is 11.6 Å². The Bertz CT molecular complexity index is 814. The molecule has 0 fully saturated rings. The molecule has 0 N–H and O–H groups in total. The molecule has 1 amide bonds. The fraction of sp³-hybridized carbons (Fsp3) is 0.389. The first-order valence-electron chi connectivity index (χ1n) is 7.89. The summed E-state index contributed by atoms with van der Waals surface area (Å²) < 4.78 is 12.2. The van der Waals surface area contributed by atoms with E-state index in [-0.39, 0.29) is 24.1 Å². The van der Waals surface area contributed by atoms with Gasteiger partial charge in [-0.25, -0.2) is 4.98 Å². The van der Waals surface area contributed by atoms with E-state index in [1.165, 1.54) is 11.0 Å². The fourth-order valence-corrected chi connectivity index (χ4v) is 2.48. The molecule has 0 aliphatic heterocycles. The summed E-state index contributed by atoms with van der Waals surface area (Å²) in [5.74, 6) is 0.713. The Morgan fingerprint density at radius 3 is 2.64 bits per heavy atom. The highest BCUT2D eigenvalue weighted by Gasteiger charge is 2.15. The second kappa shape index (κ2) is 7.83. The van der Waals surface area contributed by atoms with E-state index in [1.807, 2.05) is 19.9 Å². The number of rotatable bonds is 6. The fourth-order valence-electron chi connectivity index (χ4n) is 2.48. The Labute approximate surface area is 146 Å². The molecule has 1 atom stereocenters. The predicted octanol–water partition coefficient (Wildman–Crippen LogP) is 1.64. The van der Waals surface area contributed by atoms with Crippen molar-refractivity contribution in [2.45, 2.75) is 19.9 Å². The molecular weight excluding hydrogens is 322 g/mol. The van der Waals surface area contributed by atoms with E-state index >= 15 is 0 Å². The molecule has 0 saturated carbocycles. The SMILES string of the molecule is COc1cc([C@@H](C)n2c(C)cc(OCC(=O)N(C)C)cc2=O)ccn1. The van der Waals surface area contributed by atoms with Crippen LogP contribution in [0.4, 0.5) is 0 Å². The van der Waals surface area contributed by atoms with Gasteiger partial charge in [0, 0.05) is 38.1 Å². The lowest BCUT2D eigenvalue weighted by Gasteiger charge is -2.20. The van der Waals surface area contributed by atoms with Crippen molar-refractivity contribution in [2.75, 3.05) is 27.8 Å². The van der Waals surface area contributed by atoms with Crippen molar-refractivity contribution in [3.63, 3.8) is 0 Å². The zero-order valence-corrected chi connectivity index (χ0v) is 15.1. The van der Waals surface area contributed by atoms with Crippen LogP contribution in [-0.4, -0.2) is 48.2 Å². The van der Waals surface area contributed by atoms with E-state index in [9.17, 15) is 9.59 Å². The van der Waals surface area contributed by atoms with E-state index < -0.39 is 0 Å². The minimum absolute atomic E-state index is 0.104. The van der Waals surface area contributed by atoms with Gasteiger partial charge < -0.3 is 18.9 Å². The number of carbonyl (C=O) groups excluding carboxylic acids is 1. The van der Waals surface area contributed by atoms with Crippen molar-refractivity contribution in [1.82, 2.24) is 14.5 Å². The first kappa shape index (κ1) is 18.5. The number of ether oxygens (including phenoxy) is 2. The van der Waals surface area contributed by atoms with Crippen molar-refractivity contribution in [3.8, 4) is 11.6 Å². The third-order valence-corrected chi connectivity index (χ3v) is 3.93. The van der Waals surface area contributed by atoms with E-state index in [2.05, 4.69) is 4.98 Å². The van der Waals surface area contributed by atoms with Crippen LogP contribution in [0.2, 0.25) is 0 Å². The molecular formula is C18H23N3O4. The van der Waals surface area contributed by atoms with E-state index in [0.717, 1.165) is 11.3 Å². The molecule has 0 radical (unpaired) electrons. The highest BCUT2D eigenvalue weighted by Crippen LogP contribution is 2.22.